The number of ether oxygens (including phenoxy) is 3. The Bertz CT molecular complexity index is 1520. The van der Waals surface area contributed by atoms with E-state index in [1.807, 2.05) is 19.1 Å². The lowest BCUT2D eigenvalue weighted by Gasteiger charge is -2.29. The quantitative estimate of drug-likeness (QED) is 0.160. The molecule has 0 aliphatic carbocycles. The van der Waals surface area contributed by atoms with Crippen LogP contribution in [0.25, 0.3) is 11.3 Å². The first-order valence-corrected chi connectivity index (χ1v) is 16.2. The smallest absolute Gasteiger partial charge is 0.161 e. The van der Waals surface area contributed by atoms with Gasteiger partial charge in [-0.1, -0.05) is 61.9 Å². The minimum absolute atomic E-state index is 0.579. The van der Waals surface area contributed by atoms with Gasteiger partial charge in [0, 0.05) is 43.9 Å². The van der Waals surface area contributed by atoms with Gasteiger partial charge in [0.2, 0.25) is 0 Å². The van der Waals surface area contributed by atoms with Crippen molar-refractivity contribution in [1.82, 2.24) is 15.1 Å². The molecule has 2 aliphatic heterocycles. The predicted molar refractivity (Wildman–Crippen MR) is 176 cm³/mol. The molecule has 1 saturated heterocycles. The maximum Gasteiger partial charge on any atom is 0.161 e. The van der Waals surface area contributed by atoms with Gasteiger partial charge in [-0.3, -0.25) is 4.90 Å². The van der Waals surface area contributed by atoms with Gasteiger partial charge in [-0.25, -0.2) is 0 Å². The molecule has 7 heteroatoms. The van der Waals surface area contributed by atoms with Crippen LogP contribution in [0, 0.1) is 0 Å². The third-order valence-electron chi connectivity index (χ3n) is 8.41. The van der Waals surface area contributed by atoms with E-state index in [1.165, 1.54) is 35.1 Å². The fourth-order valence-electron chi connectivity index (χ4n) is 6.29. The Labute approximate surface area is 261 Å². The largest absolute Gasteiger partial charge is 0.494 e. The molecule has 0 saturated carbocycles. The van der Waals surface area contributed by atoms with Crippen LogP contribution in [0.1, 0.15) is 61.8 Å². The molecular weight excluding hydrogens is 548 g/mol. The van der Waals surface area contributed by atoms with Crippen molar-refractivity contribution < 1.29 is 14.2 Å². The average molecular weight is 593 g/mol. The lowest BCUT2D eigenvalue weighted by molar-refractivity contribution is 0.171. The zero-order valence-corrected chi connectivity index (χ0v) is 26.1. The molecule has 1 aromatic heterocycles. The Hall–Kier alpha value is -4.10. The zero-order valence-electron chi connectivity index (χ0n) is 26.1. The van der Waals surface area contributed by atoms with E-state index < -0.39 is 0 Å². The lowest BCUT2D eigenvalue weighted by Crippen LogP contribution is -2.28. The Morgan fingerprint density at radius 1 is 0.773 bits per heavy atom. The summed E-state index contributed by atoms with van der Waals surface area (Å²) in [5.74, 6) is 3.59. The van der Waals surface area contributed by atoms with Gasteiger partial charge in [-0.05, 0) is 73.6 Å². The van der Waals surface area contributed by atoms with Crippen molar-refractivity contribution in [3.63, 3.8) is 0 Å². The fraction of sp³-hybridized carbons (Fsp3) is 0.405. The van der Waals surface area contributed by atoms with Crippen LogP contribution in [0.15, 0.2) is 72.8 Å². The third-order valence-corrected chi connectivity index (χ3v) is 8.41. The van der Waals surface area contributed by atoms with Gasteiger partial charge < -0.3 is 19.1 Å². The first-order chi connectivity index (χ1) is 21.7. The predicted octanol–water partition coefficient (Wildman–Crippen LogP) is 7.46. The number of hydrogen-bond donors (Lipinski definition) is 0. The van der Waals surface area contributed by atoms with E-state index in [4.69, 9.17) is 24.4 Å². The van der Waals surface area contributed by atoms with E-state index in [9.17, 15) is 0 Å². The molecule has 0 bridgehead atoms. The summed E-state index contributed by atoms with van der Waals surface area (Å²) in [4.78, 5) is 4.97. The number of unbranched alkanes of at least 4 members (excludes halogenated alkanes) is 1. The van der Waals surface area contributed by atoms with E-state index in [-0.39, 0.29) is 0 Å². The third kappa shape index (κ3) is 7.16. The molecule has 0 atom stereocenters. The summed E-state index contributed by atoms with van der Waals surface area (Å²) in [5, 5.41) is 9.87. The molecule has 7 nitrogen and oxygen atoms in total. The van der Waals surface area contributed by atoms with Gasteiger partial charge in [-0.15, -0.1) is 10.2 Å². The van der Waals surface area contributed by atoms with Crippen LogP contribution in [-0.4, -0.2) is 48.0 Å². The Morgan fingerprint density at radius 3 is 2.32 bits per heavy atom. The summed E-state index contributed by atoms with van der Waals surface area (Å²) in [5.41, 5.74) is 7.17. The van der Waals surface area contributed by atoms with Gasteiger partial charge in [0.05, 0.1) is 12.3 Å². The standard InChI is InChI=1S/C37H44N4O3/c1-3-5-16-32-33(37(41-19-9-10-20-41)39-38-36(32)30-13-7-6-8-14-30)27-40(25-28-12-11-15-31(23-28)42-4-2)26-29-17-18-34-35(24-29)44-22-21-43-34/h6-8,11-15,17-18,23-24H,3-5,9-10,16,19-22,25-27H2,1-2H3. The van der Waals surface area contributed by atoms with Crippen LogP contribution in [0.2, 0.25) is 0 Å². The van der Waals surface area contributed by atoms with Gasteiger partial charge in [0.15, 0.2) is 17.3 Å². The van der Waals surface area contributed by atoms with E-state index in [1.54, 1.807) is 0 Å². The summed E-state index contributed by atoms with van der Waals surface area (Å²) in [7, 11) is 0. The number of hydrogen-bond acceptors (Lipinski definition) is 7. The van der Waals surface area contributed by atoms with E-state index in [0.717, 1.165) is 86.3 Å². The summed E-state index contributed by atoms with van der Waals surface area (Å²) in [6.07, 6.45) is 5.59. The molecule has 0 amide bonds. The molecule has 3 heterocycles. The molecule has 0 unspecified atom stereocenters. The van der Waals surface area contributed by atoms with Gasteiger partial charge in [0.25, 0.3) is 0 Å². The highest BCUT2D eigenvalue weighted by atomic mass is 16.6. The normalized spacial score (nSPS) is 14.3. The van der Waals surface area contributed by atoms with Crippen LogP contribution in [-0.2, 0) is 26.1 Å². The molecule has 6 rings (SSSR count). The second-order valence-corrected chi connectivity index (χ2v) is 11.7. The highest BCUT2D eigenvalue weighted by Gasteiger charge is 2.25. The SMILES string of the molecule is CCCCc1c(-c2ccccc2)nnc(N2CCCC2)c1CN(Cc1cccc(OCC)c1)Cc1ccc2c(c1)OCCO2. The van der Waals surface area contributed by atoms with Crippen LogP contribution in [0.3, 0.4) is 0 Å². The van der Waals surface area contributed by atoms with Crippen molar-refractivity contribution in [2.75, 3.05) is 37.8 Å². The summed E-state index contributed by atoms with van der Waals surface area (Å²) in [6, 6.07) is 25.4. The highest BCUT2D eigenvalue weighted by molar-refractivity contribution is 5.67. The second kappa shape index (κ2) is 14.6. The van der Waals surface area contributed by atoms with Crippen molar-refractivity contribution in [3.8, 4) is 28.5 Å². The van der Waals surface area contributed by atoms with Crippen molar-refractivity contribution in [1.29, 1.82) is 0 Å². The van der Waals surface area contributed by atoms with Crippen molar-refractivity contribution in [2.24, 2.45) is 0 Å². The zero-order chi connectivity index (χ0) is 30.1. The monoisotopic (exact) mass is 592 g/mol. The minimum Gasteiger partial charge on any atom is -0.494 e. The molecule has 3 aromatic carbocycles. The van der Waals surface area contributed by atoms with Crippen LogP contribution in [0.5, 0.6) is 17.2 Å². The Balaban J connectivity index is 1.42. The summed E-state index contributed by atoms with van der Waals surface area (Å²) in [6.45, 7) is 10.4. The Morgan fingerprint density at radius 2 is 1.55 bits per heavy atom. The van der Waals surface area contributed by atoms with Crippen molar-refractivity contribution >= 4 is 5.82 Å². The molecule has 230 valence electrons. The molecule has 4 aromatic rings. The topological polar surface area (TPSA) is 60.0 Å². The highest BCUT2D eigenvalue weighted by Crippen LogP contribution is 2.35. The molecule has 0 N–H and O–H groups in total. The number of fused-ring (bicyclic) bond motifs is 1. The number of rotatable bonds is 13. The maximum atomic E-state index is 5.95. The van der Waals surface area contributed by atoms with Crippen LogP contribution in [0.4, 0.5) is 5.82 Å². The van der Waals surface area contributed by atoms with E-state index in [2.05, 4.69) is 77.4 Å². The fourth-order valence-corrected chi connectivity index (χ4v) is 6.29. The number of anilines is 1. The lowest BCUT2D eigenvalue weighted by atomic mass is 9.96. The summed E-state index contributed by atoms with van der Waals surface area (Å²) < 4.78 is 17.6. The van der Waals surface area contributed by atoms with Crippen LogP contribution >= 0.6 is 0 Å². The van der Waals surface area contributed by atoms with Gasteiger partial charge >= 0.3 is 0 Å². The summed E-state index contributed by atoms with van der Waals surface area (Å²) >= 11 is 0. The first-order valence-electron chi connectivity index (χ1n) is 16.2. The number of aromatic nitrogens is 2. The number of nitrogens with zero attached hydrogens (tertiary/aromatic N) is 4. The van der Waals surface area contributed by atoms with Gasteiger partial charge in [0.1, 0.15) is 19.0 Å². The van der Waals surface area contributed by atoms with E-state index >= 15 is 0 Å². The van der Waals surface area contributed by atoms with Crippen molar-refractivity contribution in [2.45, 2.75) is 65.6 Å². The van der Waals surface area contributed by atoms with Gasteiger partial charge in [-0.2, -0.15) is 0 Å². The van der Waals surface area contributed by atoms with Crippen molar-refractivity contribution in [3.05, 3.63) is 95.1 Å². The minimum atomic E-state index is 0.579. The maximum absolute atomic E-state index is 5.95. The molecule has 44 heavy (non-hydrogen) atoms. The molecule has 1 fully saturated rings. The number of benzene rings is 3. The van der Waals surface area contributed by atoms with E-state index in [0.29, 0.717) is 19.8 Å². The van der Waals surface area contributed by atoms with Crippen LogP contribution < -0.4 is 19.1 Å². The molecule has 2 aliphatic rings. The second-order valence-electron chi connectivity index (χ2n) is 11.7. The first kappa shape index (κ1) is 29.9. The average Bonchev–Trinajstić information content (AvgIpc) is 3.60. The molecule has 0 spiro atoms. The molecular formula is C37H44N4O3. The Kier molecular flexibility index (Phi) is 9.93. The molecule has 0 radical (unpaired) electrons.